The summed E-state index contributed by atoms with van der Waals surface area (Å²) in [5.41, 5.74) is 7.45. The topological polar surface area (TPSA) is 65.6 Å². The number of nitrogens with one attached hydrogen (secondary N) is 3. The molecule has 0 aliphatic carbocycles. The fourth-order valence-electron chi connectivity index (χ4n) is 4.27. The number of carbonyl (C=O) groups is 1. The van der Waals surface area contributed by atoms with Crippen molar-refractivity contribution in [2.75, 3.05) is 31.6 Å². The molecule has 1 amide bonds. The number of hydrogen-bond donors (Lipinski definition) is 3. The minimum absolute atomic E-state index is 0.0676. The first kappa shape index (κ1) is 22.0. The van der Waals surface area contributed by atoms with Gasteiger partial charge in [-0.2, -0.15) is 0 Å². The molecular formula is C23H28ClFN4O2. The summed E-state index contributed by atoms with van der Waals surface area (Å²) in [6.07, 6.45) is 3.03. The summed E-state index contributed by atoms with van der Waals surface area (Å²) >= 11 is 5.90. The van der Waals surface area contributed by atoms with Crippen LogP contribution >= 0.6 is 11.6 Å². The first-order valence-electron chi connectivity index (χ1n) is 10.7. The van der Waals surface area contributed by atoms with Crippen molar-refractivity contribution in [2.24, 2.45) is 5.92 Å². The SMILES string of the molecule is O=C(CN1CCC(C2CC(CCOc3ccc(Cl)cc3)NN2)C1)Nc1ccc(F)cc1. The minimum atomic E-state index is -0.312. The van der Waals surface area contributed by atoms with Gasteiger partial charge in [0.2, 0.25) is 5.91 Å². The Hall–Kier alpha value is -2.19. The number of hydrazine groups is 1. The Balaban J connectivity index is 1.15. The van der Waals surface area contributed by atoms with Crippen LogP contribution in [0.2, 0.25) is 5.02 Å². The molecule has 2 heterocycles. The maximum Gasteiger partial charge on any atom is 0.238 e. The summed E-state index contributed by atoms with van der Waals surface area (Å²) in [7, 11) is 0. The van der Waals surface area contributed by atoms with Gasteiger partial charge in [-0.05, 0) is 80.3 Å². The van der Waals surface area contributed by atoms with E-state index in [1.807, 2.05) is 24.3 Å². The lowest BCUT2D eigenvalue weighted by Gasteiger charge is -2.19. The molecule has 31 heavy (non-hydrogen) atoms. The smallest absolute Gasteiger partial charge is 0.238 e. The molecule has 0 aromatic heterocycles. The number of carbonyl (C=O) groups excluding carboxylic acids is 1. The van der Waals surface area contributed by atoms with Gasteiger partial charge in [-0.15, -0.1) is 0 Å². The highest BCUT2D eigenvalue weighted by Crippen LogP contribution is 2.25. The van der Waals surface area contributed by atoms with Gasteiger partial charge in [0.25, 0.3) is 0 Å². The third-order valence-corrected chi connectivity index (χ3v) is 6.19. The first-order valence-corrected chi connectivity index (χ1v) is 11.1. The monoisotopic (exact) mass is 446 g/mol. The van der Waals surface area contributed by atoms with Gasteiger partial charge >= 0.3 is 0 Å². The first-order chi connectivity index (χ1) is 15.0. The highest BCUT2D eigenvalue weighted by atomic mass is 35.5. The van der Waals surface area contributed by atoms with Gasteiger partial charge in [-0.25, -0.2) is 4.39 Å². The van der Waals surface area contributed by atoms with E-state index in [2.05, 4.69) is 21.1 Å². The lowest BCUT2D eigenvalue weighted by molar-refractivity contribution is -0.117. The summed E-state index contributed by atoms with van der Waals surface area (Å²) < 4.78 is 18.8. The fraction of sp³-hybridized carbons (Fsp3) is 0.435. The number of amides is 1. The molecule has 2 saturated heterocycles. The van der Waals surface area contributed by atoms with E-state index in [0.29, 0.717) is 41.9 Å². The zero-order valence-electron chi connectivity index (χ0n) is 17.3. The van der Waals surface area contributed by atoms with Crippen LogP contribution in [-0.2, 0) is 4.79 Å². The number of likely N-dealkylation sites (tertiary alicyclic amines) is 1. The molecular weight excluding hydrogens is 419 g/mol. The van der Waals surface area contributed by atoms with Crippen LogP contribution in [0.4, 0.5) is 10.1 Å². The quantitative estimate of drug-likeness (QED) is 0.579. The fourth-order valence-corrected chi connectivity index (χ4v) is 4.40. The van der Waals surface area contributed by atoms with Crippen LogP contribution in [0.25, 0.3) is 0 Å². The van der Waals surface area contributed by atoms with Crippen molar-refractivity contribution < 1.29 is 13.9 Å². The van der Waals surface area contributed by atoms with Gasteiger partial charge in [0.15, 0.2) is 0 Å². The molecule has 8 heteroatoms. The van der Waals surface area contributed by atoms with E-state index in [-0.39, 0.29) is 11.7 Å². The zero-order valence-corrected chi connectivity index (χ0v) is 18.1. The second-order valence-electron chi connectivity index (χ2n) is 8.26. The van der Waals surface area contributed by atoms with Gasteiger partial charge in [0, 0.05) is 29.3 Å². The van der Waals surface area contributed by atoms with Crippen molar-refractivity contribution >= 4 is 23.2 Å². The molecule has 4 rings (SSSR count). The lowest BCUT2D eigenvalue weighted by Crippen LogP contribution is -2.39. The molecule has 0 spiro atoms. The molecule has 166 valence electrons. The molecule has 3 unspecified atom stereocenters. The third kappa shape index (κ3) is 6.40. The van der Waals surface area contributed by atoms with E-state index in [1.165, 1.54) is 12.1 Å². The molecule has 3 N–H and O–H groups in total. The molecule has 6 nitrogen and oxygen atoms in total. The summed E-state index contributed by atoms with van der Waals surface area (Å²) in [6.45, 7) is 2.80. The Morgan fingerprint density at radius 1 is 1.16 bits per heavy atom. The summed E-state index contributed by atoms with van der Waals surface area (Å²) in [4.78, 5) is 14.5. The van der Waals surface area contributed by atoms with E-state index in [9.17, 15) is 9.18 Å². The van der Waals surface area contributed by atoms with E-state index in [1.54, 1.807) is 12.1 Å². The molecule has 2 aliphatic heterocycles. The van der Waals surface area contributed by atoms with Gasteiger partial charge < -0.3 is 10.1 Å². The van der Waals surface area contributed by atoms with Crippen LogP contribution in [0.3, 0.4) is 0 Å². The Morgan fingerprint density at radius 2 is 1.94 bits per heavy atom. The average Bonchev–Trinajstić information content (AvgIpc) is 3.41. The Morgan fingerprint density at radius 3 is 2.71 bits per heavy atom. The van der Waals surface area contributed by atoms with E-state index >= 15 is 0 Å². The summed E-state index contributed by atoms with van der Waals surface area (Å²) in [5, 5.41) is 3.53. The van der Waals surface area contributed by atoms with Gasteiger partial charge in [-0.3, -0.25) is 20.5 Å². The van der Waals surface area contributed by atoms with Crippen LogP contribution in [0, 0.1) is 11.7 Å². The number of rotatable bonds is 8. The van der Waals surface area contributed by atoms with Crippen molar-refractivity contribution in [1.29, 1.82) is 0 Å². The van der Waals surface area contributed by atoms with Crippen molar-refractivity contribution in [2.45, 2.75) is 31.3 Å². The van der Waals surface area contributed by atoms with Crippen LogP contribution in [0.15, 0.2) is 48.5 Å². The van der Waals surface area contributed by atoms with Crippen LogP contribution in [0.5, 0.6) is 5.75 Å². The molecule has 3 atom stereocenters. The zero-order chi connectivity index (χ0) is 21.6. The second-order valence-corrected chi connectivity index (χ2v) is 8.69. The van der Waals surface area contributed by atoms with Crippen LogP contribution in [0.1, 0.15) is 19.3 Å². The molecule has 2 aliphatic rings. The molecule has 2 aromatic rings. The lowest BCUT2D eigenvalue weighted by atomic mass is 9.94. The minimum Gasteiger partial charge on any atom is -0.494 e. The van der Waals surface area contributed by atoms with Gasteiger partial charge in [0.05, 0.1) is 13.2 Å². The Kier molecular flexibility index (Phi) is 7.40. The highest BCUT2D eigenvalue weighted by molar-refractivity contribution is 6.30. The summed E-state index contributed by atoms with van der Waals surface area (Å²) in [5.74, 6) is 0.959. The number of anilines is 1. The molecule has 0 saturated carbocycles. The Bertz CT molecular complexity index is 865. The largest absolute Gasteiger partial charge is 0.494 e. The predicted octanol–water partition coefficient (Wildman–Crippen LogP) is 3.44. The third-order valence-electron chi connectivity index (χ3n) is 5.93. The number of hydrogen-bond acceptors (Lipinski definition) is 5. The van der Waals surface area contributed by atoms with E-state index < -0.39 is 0 Å². The Labute approximate surface area is 187 Å². The molecule has 2 fully saturated rings. The highest BCUT2D eigenvalue weighted by Gasteiger charge is 2.35. The van der Waals surface area contributed by atoms with Gasteiger partial charge in [0.1, 0.15) is 11.6 Å². The molecule has 0 bridgehead atoms. The maximum atomic E-state index is 13.0. The molecule has 2 aromatic carbocycles. The van der Waals surface area contributed by atoms with E-state index in [0.717, 1.165) is 38.1 Å². The number of halogens is 2. The predicted molar refractivity (Wildman–Crippen MR) is 120 cm³/mol. The normalized spacial score (nSPS) is 23.7. The maximum absolute atomic E-state index is 13.0. The standard InChI is InChI=1S/C23H28ClFN4O2/c24-17-1-7-21(8-2-17)31-12-10-20-13-22(28-27-20)16-9-11-29(14-16)15-23(30)26-19-5-3-18(25)4-6-19/h1-8,16,20,22,27-28H,9-15H2,(H,26,30). The van der Waals surface area contributed by atoms with Crippen molar-refractivity contribution in [3.8, 4) is 5.75 Å². The van der Waals surface area contributed by atoms with Crippen LogP contribution < -0.4 is 20.9 Å². The summed E-state index contributed by atoms with van der Waals surface area (Å²) in [6, 6.07) is 14.0. The average molecular weight is 447 g/mol. The van der Waals surface area contributed by atoms with Crippen molar-refractivity contribution in [3.63, 3.8) is 0 Å². The van der Waals surface area contributed by atoms with Crippen molar-refractivity contribution in [3.05, 3.63) is 59.4 Å². The van der Waals surface area contributed by atoms with Crippen LogP contribution in [-0.4, -0.2) is 49.1 Å². The number of ether oxygens (including phenoxy) is 1. The molecule has 0 radical (unpaired) electrons. The number of benzene rings is 2. The van der Waals surface area contributed by atoms with Gasteiger partial charge in [-0.1, -0.05) is 11.6 Å². The second kappa shape index (κ2) is 10.4. The van der Waals surface area contributed by atoms with E-state index in [4.69, 9.17) is 16.3 Å². The number of nitrogens with zero attached hydrogens (tertiary/aromatic N) is 1. The van der Waals surface area contributed by atoms with Crippen molar-refractivity contribution in [1.82, 2.24) is 15.8 Å².